The van der Waals surface area contributed by atoms with Crippen molar-refractivity contribution in [2.45, 2.75) is 19.3 Å². The molecule has 2 unspecified atom stereocenters. The van der Waals surface area contributed by atoms with Crippen LogP contribution < -0.4 is 5.32 Å². The summed E-state index contributed by atoms with van der Waals surface area (Å²) in [6.45, 7) is 8.81. The van der Waals surface area contributed by atoms with Crippen molar-refractivity contribution in [3.63, 3.8) is 0 Å². The first-order valence-electron chi connectivity index (χ1n) is 8.12. The third kappa shape index (κ3) is 5.24. The SMILES string of the molecule is Cl.Cl.O=C(C1CCCNC1)N1CCN(CC2CCOC2)CC1. The number of halogens is 2. The van der Waals surface area contributed by atoms with Crippen molar-refractivity contribution in [2.24, 2.45) is 11.8 Å². The number of ether oxygens (including phenoxy) is 1. The Morgan fingerprint density at radius 3 is 2.50 bits per heavy atom. The number of nitrogens with zero attached hydrogens (tertiary/aromatic N) is 2. The van der Waals surface area contributed by atoms with Crippen LogP contribution in [-0.2, 0) is 9.53 Å². The van der Waals surface area contributed by atoms with Crippen LogP contribution in [0.5, 0.6) is 0 Å². The van der Waals surface area contributed by atoms with E-state index in [1.54, 1.807) is 0 Å². The second-order valence-corrected chi connectivity index (χ2v) is 6.40. The van der Waals surface area contributed by atoms with E-state index in [2.05, 4.69) is 15.1 Å². The maximum Gasteiger partial charge on any atom is 0.227 e. The van der Waals surface area contributed by atoms with E-state index in [1.807, 2.05) is 0 Å². The highest BCUT2D eigenvalue weighted by atomic mass is 35.5. The molecule has 5 nitrogen and oxygen atoms in total. The molecule has 3 heterocycles. The van der Waals surface area contributed by atoms with E-state index in [0.717, 1.165) is 71.9 Å². The van der Waals surface area contributed by atoms with Gasteiger partial charge in [-0.3, -0.25) is 9.69 Å². The normalized spacial score (nSPS) is 29.5. The first-order valence-corrected chi connectivity index (χ1v) is 8.12. The Morgan fingerprint density at radius 1 is 1.14 bits per heavy atom. The molecule has 0 aromatic rings. The highest BCUT2D eigenvalue weighted by Crippen LogP contribution is 2.17. The number of amides is 1. The molecule has 0 bridgehead atoms. The molecule has 22 heavy (non-hydrogen) atoms. The quantitative estimate of drug-likeness (QED) is 0.822. The van der Waals surface area contributed by atoms with Crippen LogP contribution in [-0.4, -0.2) is 74.7 Å². The van der Waals surface area contributed by atoms with Gasteiger partial charge in [-0.05, 0) is 31.7 Å². The number of carbonyl (C=O) groups is 1. The summed E-state index contributed by atoms with van der Waals surface area (Å²) in [6.07, 6.45) is 3.40. The first-order chi connectivity index (χ1) is 9.83. The second kappa shape index (κ2) is 9.93. The minimum absolute atomic E-state index is 0. The highest BCUT2D eigenvalue weighted by Gasteiger charge is 2.29. The Morgan fingerprint density at radius 2 is 1.91 bits per heavy atom. The Labute approximate surface area is 145 Å². The molecular weight excluding hydrogens is 325 g/mol. The van der Waals surface area contributed by atoms with Crippen molar-refractivity contribution in [2.75, 3.05) is 59.0 Å². The molecule has 130 valence electrons. The average molecular weight is 354 g/mol. The van der Waals surface area contributed by atoms with Gasteiger partial charge in [-0.2, -0.15) is 0 Å². The third-order valence-electron chi connectivity index (χ3n) is 4.87. The van der Waals surface area contributed by atoms with Crippen molar-refractivity contribution >= 4 is 30.7 Å². The number of piperazine rings is 1. The van der Waals surface area contributed by atoms with Gasteiger partial charge in [0.2, 0.25) is 5.91 Å². The highest BCUT2D eigenvalue weighted by molar-refractivity contribution is 5.85. The summed E-state index contributed by atoms with van der Waals surface area (Å²) >= 11 is 0. The largest absolute Gasteiger partial charge is 0.381 e. The zero-order valence-corrected chi connectivity index (χ0v) is 14.8. The van der Waals surface area contributed by atoms with Gasteiger partial charge in [-0.25, -0.2) is 0 Å². The molecule has 3 fully saturated rings. The van der Waals surface area contributed by atoms with Gasteiger partial charge >= 0.3 is 0 Å². The fraction of sp³-hybridized carbons (Fsp3) is 0.933. The van der Waals surface area contributed by atoms with E-state index in [-0.39, 0.29) is 30.7 Å². The van der Waals surface area contributed by atoms with Crippen LogP contribution >= 0.6 is 24.8 Å². The monoisotopic (exact) mass is 353 g/mol. The van der Waals surface area contributed by atoms with Crippen LogP contribution in [0.15, 0.2) is 0 Å². The maximum absolute atomic E-state index is 12.5. The first kappa shape index (κ1) is 20.0. The summed E-state index contributed by atoms with van der Waals surface area (Å²) in [6, 6.07) is 0. The van der Waals surface area contributed by atoms with E-state index >= 15 is 0 Å². The van der Waals surface area contributed by atoms with Gasteiger partial charge in [0, 0.05) is 45.9 Å². The third-order valence-corrected chi connectivity index (χ3v) is 4.87. The molecule has 7 heteroatoms. The summed E-state index contributed by atoms with van der Waals surface area (Å²) in [4.78, 5) is 17.0. The molecule has 0 aromatic carbocycles. The molecule has 0 aromatic heterocycles. The van der Waals surface area contributed by atoms with Gasteiger partial charge in [-0.15, -0.1) is 24.8 Å². The molecule has 3 rings (SSSR count). The molecule has 3 aliphatic rings. The Bertz CT molecular complexity index is 327. The van der Waals surface area contributed by atoms with Crippen molar-refractivity contribution in [3.05, 3.63) is 0 Å². The molecule has 0 saturated carbocycles. The van der Waals surface area contributed by atoms with Gasteiger partial charge in [0.05, 0.1) is 12.5 Å². The molecule has 2 atom stereocenters. The smallest absolute Gasteiger partial charge is 0.227 e. The van der Waals surface area contributed by atoms with Crippen molar-refractivity contribution < 1.29 is 9.53 Å². The van der Waals surface area contributed by atoms with E-state index in [0.29, 0.717) is 11.8 Å². The summed E-state index contributed by atoms with van der Waals surface area (Å²) in [5, 5.41) is 3.34. The van der Waals surface area contributed by atoms with Gasteiger partial charge in [0.15, 0.2) is 0 Å². The zero-order valence-electron chi connectivity index (χ0n) is 13.2. The molecule has 1 N–H and O–H groups in total. The van der Waals surface area contributed by atoms with Gasteiger partial charge in [0.1, 0.15) is 0 Å². The molecule has 0 radical (unpaired) electrons. The van der Waals surface area contributed by atoms with Gasteiger partial charge in [-0.1, -0.05) is 0 Å². The molecular formula is C15H29Cl2N3O2. The van der Waals surface area contributed by atoms with Crippen LogP contribution in [0, 0.1) is 11.8 Å². The molecule has 1 amide bonds. The number of carbonyl (C=O) groups excluding carboxylic acids is 1. The lowest BCUT2D eigenvalue weighted by molar-refractivity contribution is -0.137. The molecule has 3 saturated heterocycles. The van der Waals surface area contributed by atoms with E-state index < -0.39 is 0 Å². The Hall–Kier alpha value is -0.0700. The molecule has 3 aliphatic heterocycles. The molecule has 0 spiro atoms. The van der Waals surface area contributed by atoms with Crippen LogP contribution in [0.25, 0.3) is 0 Å². The van der Waals surface area contributed by atoms with E-state index in [9.17, 15) is 4.79 Å². The van der Waals surface area contributed by atoms with Crippen molar-refractivity contribution in [1.29, 1.82) is 0 Å². The summed E-state index contributed by atoms with van der Waals surface area (Å²) < 4.78 is 5.44. The second-order valence-electron chi connectivity index (χ2n) is 6.40. The molecule has 0 aliphatic carbocycles. The summed E-state index contributed by atoms with van der Waals surface area (Å²) in [5.74, 6) is 1.30. The number of piperidine rings is 1. The van der Waals surface area contributed by atoms with Crippen LogP contribution in [0.3, 0.4) is 0 Å². The summed E-state index contributed by atoms with van der Waals surface area (Å²) in [5.41, 5.74) is 0. The zero-order chi connectivity index (χ0) is 13.8. The van der Waals surface area contributed by atoms with E-state index in [4.69, 9.17) is 4.74 Å². The fourth-order valence-electron chi connectivity index (χ4n) is 3.56. The topological polar surface area (TPSA) is 44.8 Å². The Balaban J connectivity index is 0.00000121. The van der Waals surface area contributed by atoms with Crippen LogP contribution in [0.4, 0.5) is 0 Å². The van der Waals surface area contributed by atoms with Crippen molar-refractivity contribution in [1.82, 2.24) is 15.1 Å². The summed E-state index contributed by atoms with van der Waals surface area (Å²) in [7, 11) is 0. The van der Waals surface area contributed by atoms with Gasteiger partial charge in [0.25, 0.3) is 0 Å². The standard InChI is InChI=1S/C15H27N3O2.2ClH/c19-15(14-2-1-4-16-10-14)18-7-5-17(6-8-18)11-13-3-9-20-12-13;;/h13-14,16H,1-12H2;2*1H. The number of rotatable bonds is 3. The minimum atomic E-state index is 0. The predicted molar refractivity (Wildman–Crippen MR) is 92.0 cm³/mol. The number of hydrogen-bond donors (Lipinski definition) is 1. The lowest BCUT2D eigenvalue weighted by atomic mass is 9.98. The predicted octanol–water partition coefficient (Wildman–Crippen LogP) is 1.01. The average Bonchev–Trinajstić information content (AvgIpc) is 3.01. The van der Waals surface area contributed by atoms with Gasteiger partial charge < -0.3 is 15.0 Å². The minimum Gasteiger partial charge on any atom is -0.381 e. The fourth-order valence-corrected chi connectivity index (χ4v) is 3.56. The van der Waals surface area contributed by atoms with E-state index in [1.165, 1.54) is 6.42 Å². The maximum atomic E-state index is 12.5. The van der Waals surface area contributed by atoms with Crippen LogP contribution in [0.2, 0.25) is 0 Å². The number of nitrogens with one attached hydrogen (secondary N) is 1. The number of hydrogen-bond acceptors (Lipinski definition) is 4. The van der Waals surface area contributed by atoms with Crippen LogP contribution in [0.1, 0.15) is 19.3 Å². The Kier molecular flexibility index (Phi) is 9.02. The lowest BCUT2D eigenvalue weighted by Gasteiger charge is -2.38. The lowest BCUT2D eigenvalue weighted by Crippen LogP contribution is -2.52. The van der Waals surface area contributed by atoms with Crippen molar-refractivity contribution in [3.8, 4) is 0 Å².